The number of carbonyl (C=O) groups is 2. The highest BCUT2D eigenvalue weighted by Gasteiger charge is 2.22. The molecular formula is C45H42Cl2N2O8S2. The van der Waals surface area contributed by atoms with E-state index in [0.29, 0.717) is 53.1 Å². The zero-order chi connectivity index (χ0) is 42.9. The lowest BCUT2D eigenvalue weighted by molar-refractivity contribution is 0.0686. The molecule has 0 bridgehead atoms. The van der Waals surface area contributed by atoms with Gasteiger partial charge in [0.05, 0.1) is 32.4 Å². The van der Waals surface area contributed by atoms with Crippen LogP contribution in [0, 0.1) is 20.8 Å². The van der Waals surface area contributed by atoms with E-state index in [1.54, 1.807) is 68.4 Å². The Morgan fingerprint density at radius 3 is 1.47 bits per heavy atom. The molecule has 6 aromatic rings. The van der Waals surface area contributed by atoms with Crippen LogP contribution in [0.4, 0.5) is 11.4 Å². The van der Waals surface area contributed by atoms with Gasteiger partial charge in [-0.3, -0.25) is 9.44 Å². The first-order valence-corrected chi connectivity index (χ1v) is 22.0. The zero-order valence-electron chi connectivity index (χ0n) is 32.4. The third-order valence-corrected chi connectivity index (χ3v) is 13.0. The van der Waals surface area contributed by atoms with Gasteiger partial charge in [0.15, 0.2) is 0 Å². The number of sulfonamides is 2. The number of hydrogen-bond donors (Lipinski definition) is 4. The summed E-state index contributed by atoms with van der Waals surface area (Å²) >= 11 is 12.0. The molecule has 59 heavy (non-hydrogen) atoms. The highest BCUT2D eigenvalue weighted by Crippen LogP contribution is 2.29. The molecule has 0 atom stereocenters. The Kier molecular flexibility index (Phi) is 14.6. The molecule has 0 heterocycles. The number of rotatable bonds is 14. The maximum Gasteiger partial charge on any atom is 0.335 e. The van der Waals surface area contributed by atoms with Gasteiger partial charge < -0.3 is 10.2 Å². The summed E-state index contributed by atoms with van der Waals surface area (Å²) < 4.78 is 57.2. The standard InChI is InChI=1S/C24H25NO4S.C21H17Cl2NO4S/c1-16-13-17(2)23(18(3)14-16)30(28,29)25-22-10-5-4-8-20(22)12-11-19-7-6-9-21(15-19)24(26)27;22-17-10-11-18(23)20(13-17)29(27,28)24-19-7-2-1-5-15(19)9-8-14-4-3-6-16(12-14)21(25)26/h4-10,13-15,25H,11-12H2,1-3H3,(H,26,27);1-7,10-13,24H,8-9H2,(H,25,26). The molecule has 306 valence electrons. The van der Waals surface area contributed by atoms with Gasteiger partial charge in [0.2, 0.25) is 0 Å². The number of nitrogens with one attached hydrogen (secondary N) is 2. The number of anilines is 2. The Bertz CT molecular complexity index is 2720. The van der Waals surface area contributed by atoms with Crippen molar-refractivity contribution in [1.82, 2.24) is 0 Å². The van der Waals surface area contributed by atoms with Gasteiger partial charge in [-0.15, -0.1) is 0 Å². The fourth-order valence-electron chi connectivity index (χ4n) is 6.62. The molecule has 4 N–H and O–H groups in total. The maximum absolute atomic E-state index is 13.1. The van der Waals surface area contributed by atoms with Gasteiger partial charge in [-0.25, -0.2) is 26.4 Å². The third kappa shape index (κ3) is 12.0. The number of benzene rings is 6. The van der Waals surface area contributed by atoms with Crippen LogP contribution in [0.3, 0.4) is 0 Å². The predicted octanol–water partition coefficient (Wildman–Crippen LogP) is 10.2. The minimum Gasteiger partial charge on any atom is -0.478 e. The zero-order valence-corrected chi connectivity index (χ0v) is 35.5. The van der Waals surface area contributed by atoms with Crippen LogP contribution >= 0.6 is 23.2 Å². The lowest BCUT2D eigenvalue weighted by Gasteiger charge is -2.16. The number of para-hydroxylation sites is 2. The second kappa shape index (κ2) is 19.4. The molecule has 0 spiro atoms. The van der Waals surface area contributed by atoms with Crippen LogP contribution in [0.1, 0.15) is 59.7 Å². The second-order valence-electron chi connectivity index (χ2n) is 13.8. The predicted molar refractivity (Wildman–Crippen MR) is 233 cm³/mol. The van der Waals surface area contributed by atoms with Crippen molar-refractivity contribution in [3.8, 4) is 0 Å². The van der Waals surface area contributed by atoms with Crippen LogP contribution in [0.25, 0.3) is 0 Å². The summed E-state index contributed by atoms with van der Waals surface area (Å²) in [6.45, 7) is 5.55. The highest BCUT2D eigenvalue weighted by molar-refractivity contribution is 7.93. The molecule has 0 aliphatic carbocycles. The van der Waals surface area contributed by atoms with Crippen molar-refractivity contribution in [1.29, 1.82) is 0 Å². The molecule has 0 aliphatic heterocycles. The minimum absolute atomic E-state index is 0.0740. The van der Waals surface area contributed by atoms with Crippen LogP contribution in [-0.2, 0) is 45.7 Å². The van der Waals surface area contributed by atoms with Crippen LogP contribution in [-0.4, -0.2) is 39.0 Å². The van der Waals surface area contributed by atoms with Gasteiger partial charge in [0, 0.05) is 5.02 Å². The van der Waals surface area contributed by atoms with Crippen LogP contribution < -0.4 is 9.44 Å². The highest BCUT2D eigenvalue weighted by atomic mass is 35.5. The minimum atomic E-state index is -3.93. The van der Waals surface area contributed by atoms with E-state index in [1.165, 1.54) is 24.3 Å². The Labute approximate surface area is 354 Å². The van der Waals surface area contributed by atoms with E-state index in [-0.39, 0.29) is 26.1 Å². The lowest BCUT2D eigenvalue weighted by Crippen LogP contribution is -2.17. The summed E-state index contributed by atoms with van der Waals surface area (Å²) in [4.78, 5) is 22.5. The Balaban J connectivity index is 0.000000224. The fourth-order valence-corrected chi connectivity index (χ4v) is 10.0. The quantitative estimate of drug-likeness (QED) is 0.0839. The van der Waals surface area contributed by atoms with Gasteiger partial charge in [-0.05, 0) is 134 Å². The molecule has 0 amide bonds. The van der Waals surface area contributed by atoms with Crippen molar-refractivity contribution < 1.29 is 36.6 Å². The second-order valence-corrected chi connectivity index (χ2v) is 18.0. The average molecular weight is 874 g/mol. The summed E-state index contributed by atoms with van der Waals surface area (Å²) in [6, 6.07) is 35.8. The molecule has 14 heteroatoms. The molecule has 0 radical (unpaired) electrons. The Morgan fingerprint density at radius 1 is 0.542 bits per heavy atom. The van der Waals surface area contributed by atoms with Crippen molar-refractivity contribution in [2.45, 2.75) is 56.2 Å². The topological polar surface area (TPSA) is 167 Å². The molecule has 10 nitrogen and oxygen atoms in total. The van der Waals surface area contributed by atoms with E-state index in [2.05, 4.69) is 9.44 Å². The van der Waals surface area contributed by atoms with Gasteiger partial charge in [0.1, 0.15) is 4.90 Å². The summed E-state index contributed by atoms with van der Waals surface area (Å²) in [5.74, 6) is -1.95. The number of aromatic carboxylic acids is 2. The van der Waals surface area contributed by atoms with Crippen LogP contribution in [0.2, 0.25) is 10.0 Å². The first-order valence-electron chi connectivity index (χ1n) is 18.3. The SMILES string of the molecule is Cc1cc(C)c(S(=O)(=O)Nc2ccccc2CCc2cccc(C(=O)O)c2)c(C)c1.O=C(O)c1cccc(CCc2ccccc2NS(=O)(=O)c2cc(Cl)ccc2Cl)c1. The number of carboxylic acid groups (broad SMARTS) is 2. The van der Waals surface area contributed by atoms with E-state index < -0.39 is 32.0 Å². The number of carboxylic acids is 2. The number of halogens is 2. The molecular weight excluding hydrogens is 832 g/mol. The van der Waals surface area contributed by atoms with Crippen molar-refractivity contribution in [2.75, 3.05) is 9.44 Å². The van der Waals surface area contributed by atoms with E-state index in [4.69, 9.17) is 33.4 Å². The molecule has 6 rings (SSSR count). The van der Waals surface area contributed by atoms with Crippen LogP contribution in [0.5, 0.6) is 0 Å². The van der Waals surface area contributed by atoms with Gasteiger partial charge in [-0.1, -0.05) is 102 Å². The average Bonchev–Trinajstić information content (AvgIpc) is 3.17. The van der Waals surface area contributed by atoms with Crippen molar-refractivity contribution in [3.05, 3.63) is 188 Å². The molecule has 0 aromatic heterocycles. The summed E-state index contributed by atoms with van der Waals surface area (Å²) in [5.41, 5.74) is 7.22. The van der Waals surface area contributed by atoms with Crippen molar-refractivity contribution in [3.63, 3.8) is 0 Å². The number of hydrogen-bond acceptors (Lipinski definition) is 6. The Hall–Kier alpha value is -5.66. The molecule has 0 fully saturated rings. The van der Waals surface area contributed by atoms with E-state index in [1.807, 2.05) is 55.5 Å². The van der Waals surface area contributed by atoms with Gasteiger partial charge in [0.25, 0.3) is 20.0 Å². The molecule has 0 saturated carbocycles. The van der Waals surface area contributed by atoms with Gasteiger partial charge in [-0.2, -0.15) is 0 Å². The molecule has 0 aliphatic rings. The van der Waals surface area contributed by atoms with E-state index in [9.17, 15) is 26.4 Å². The van der Waals surface area contributed by atoms with Crippen molar-refractivity contribution in [2.24, 2.45) is 0 Å². The number of aryl methyl sites for hydroxylation is 7. The summed E-state index contributed by atoms with van der Waals surface area (Å²) in [7, 11) is -7.68. The maximum atomic E-state index is 13.1. The fraction of sp³-hybridized carbons (Fsp3) is 0.156. The summed E-state index contributed by atoms with van der Waals surface area (Å²) in [5, 5.41) is 18.6. The van der Waals surface area contributed by atoms with E-state index >= 15 is 0 Å². The smallest absolute Gasteiger partial charge is 0.335 e. The van der Waals surface area contributed by atoms with E-state index in [0.717, 1.165) is 27.8 Å². The third-order valence-electron chi connectivity index (χ3n) is 9.29. The first-order chi connectivity index (χ1) is 27.9. The normalized spacial score (nSPS) is 11.3. The first kappa shape index (κ1) is 44.4. The molecule has 0 saturated heterocycles. The monoisotopic (exact) mass is 872 g/mol. The lowest BCUT2D eigenvalue weighted by atomic mass is 10.0. The largest absolute Gasteiger partial charge is 0.478 e. The Morgan fingerprint density at radius 2 is 1.00 bits per heavy atom. The van der Waals surface area contributed by atoms with Gasteiger partial charge >= 0.3 is 11.9 Å². The molecule has 6 aromatic carbocycles. The van der Waals surface area contributed by atoms with Crippen LogP contribution in [0.15, 0.2) is 137 Å². The summed E-state index contributed by atoms with van der Waals surface area (Å²) in [6.07, 6.45) is 2.25. The van der Waals surface area contributed by atoms with Crippen molar-refractivity contribution >= 4 is 66.6 Å². The molecule has 0 unspecified atom stereocenters.